The quantitative estimate of drug-likeness (QED) is 0.763. The molecule has 2 N–H and O–H groups in total. The van der Waals surface area contributed by atoms with E-state index in [1.54, 1.807) is 6.07 Å². The molecule has 2 aliphatic heterocycles. The van der Waals surface area contributed by atoms with Crippen LogP contribution in [0.15, 0.2) is 41.8 Å². The van der Waals surface area contributed by atoms with Crippen molar-refractivity contribution < 1.29 is 4.79 Å². The second-order valence-corrected chi connectivity index (χ2v) is 8.68. The standard InChI is InChI=1S/C20H24ClN3OS/c21-18-8-1-2-9-19(18)23-20(25)22-14-11-15-5-3-6-16(12-14)24(15)13-17-7-4-10-26-17/h1-2,4,7-10,14-16H,3,5-6,11-13H2,(H2,22,23,25)/t14?,15-,16+. The molecule has 3 atom stereocenters. The van der Waals surface area contributed by atoms with Crippen molar-refractivity contribution in [2.24, 2.45) is 0 Å². The van der Waals surface area contributed by atoms with Crippen LogP contribution < -0.4 is 10.6 Å². The number of urea groups is 1. The van der Waals surface area contributed by atoms with Crippen LogP contribution in [0.25, 0.3) is 0 Å². The molecule has 26 heavy (non-hydrogen) atoms. The molecular weight excluding hydrogens is 366 g/mol. The van der Waals surface area contributed by atoms with Gasteiger partial charge in [-0.25, -0.2) is 4.79 Å². The molecule has 2 aromatic rings. The fourth-order valence-corrected chi connectivity index (χ4v) is 5.24. The summed E-state index contributed by atoms with van der Waals surface area (Å²) in [4.78, 5) is 16.5. The Labute approximate surface area is 163 Å². The van der Waals surface area contributed by atoms with E-state index < -0.39 is 0 Å². The Morgan fingerprint density at radius 2 is 1.92 bits per heavy atom. The average Bonchev–Trinajstić information content (AvgIpc) is 3.11. The van der Waals surface area contributed by atoms with Gasteiger partial charge in [0, 0.05) is 29.5 Å². The van der Waals surface area contributed by atoms with Crippen molar-refractivity contribution in [1.29, 1.82) is 0 Å². The topological polar surface area (TPSA) is 44.4 Å². The summed E-state index contributed by atoms with van der Waals surface area (Å²) in [6.07, 6.45) is 5.81. The number of thiophene rings is 1. The lowest BCUT2D eigenvalue weighted by atomic mass is 9.81. The number of nitrogens with one attached hydrogen (secondary N) is 2. The molecule has 2 fully saturated rings. The van der Waals surface area contributed by atoms with Crippen LogP contribution in [0.5, 0.6) is 0 Å². The van der Waals surface area contributed by atoms with Gasteiger partial charge in [0.05, 0.1) is 10.7 Å². The van der Waals surface area contributed by atoms with Crippen molar-refractivity contribution in [3.05, 3.63) is 51.7 Å². The number of piperidine rings is 2. The highest BCUT2D eigenvalue weighted by Crippen LogP contribution is 2.35. The van der Waals surface area contributed by atoms with Gasteiger partial charge in [0.2, 0.25) is 0 Å². The van der Waals surface area contributed by atoms with Gasteiger partial charge in [-0.15, -0.1) is 11.3 Å². The van der Waals surface area contributed by atoms with Crippen LogP contribution in [0.4, 0.5) is 10.5 Å². The molecule has 2 amide bonds. The number of nitrogens with zero attached hydrogens (tertiary/aromatic N) is 1. The van der Waals surface area contributed by atoms with Gasteiger partial charge in [0.15, 0.2) is 0 Å². The second kappa shape index (κ2) is 7.99. The maximum atomic E-state index is 12.4. The lowest BCUT2D eigenvalue weighted by Gasteiger charge is -2.48. The Morgan fingerprint density at radius 1 is 1.15 bits per heavy atom. The molecule has 0 spiro atoms. The van der Waals surface area contributed by atoms with E-state index in [-0.39, 0.29) is 12.1 Å². The van der Waals surface area contributed by atoms with Crippen LogP contribution >= 0.6 is 22.9 Å². The maximum absolute atomic E-state index is 12.4. The van der Waals surface area contributed by atoms with Crippen molar-refractivity contribution in [3.8, 4) is 0 Å². The van der Waals surface area contributed by atoms with E-state index in [1.165, 1.54) is 24.1 Å². The number of halogens is 1. The number of benzene rings is 1. The van der Waals surface area contributed by atoms with E-state index in [1.807, 2.05) is 29.5 Å². The predicted molar refractivity (Wildman–Crippen MR) is 108 cm³/mol. The lowest BCUT2D eigenvalue weighted by molar-refractivity contribution is 0.0208. The number of para-hydroxylation sites is 1. The van der Waals surface area contributed by atoms with Crippen molar-refractivity contribution >= 4 is 34.7 Å². The molecule has 1 aromatic carbocycles. The van der Waals surface area contributed by atoms with Gasteiger partial charge < -0.3 is 10.6 Å². The highest BCUT2D eigenvalue weighted by molar-refractivity contribution is 7.09. The van der Waals surface area contributed by atoms with Gasteiger partial charge in [0.25, 0.3) is 0 Å². The third-order valence-electron chi connectivity index (χ3n) is 5.50. The SMILES string of the molecule is O=C(Nc1ccccc1Cl)NC1C[C@H]2CCC[C@@H](C1)N2Cc1cccs1. The molecule has 0 saturated carbocycles. The first-order chi connectivity index (χ1) is 12.7. The van der Waals surface area contributed by atoms with Gasteiger partial charge >= 0.3 is 6.03 Å². The summed E-state index contributed by atoms with van der Waals surface area (Å²) >= 11 is 7.96. The molecule has 2 saturated heterocycles. The van der Waals surface area contributed by atoms with E-state index in [0.29, 0.717) is 22.8 Å². The molecular formula is C20H24ClN3OS. The number of rotatable bonds is 4. The smallest absolute Gasteiger partial charge is 0.319 e. The number of carbonyl (C=O) groups excluding carboxylic acids is 1. The zero-order valence-electron chi connectivity index (χ0n) is 14.7. The van der Waals surface area contributed by atoms with Crippen molar-refractivity contribution in [3.63, 3.8) is 0 Å². The number of amides is 2. The largest absolute Gasteiger partial charge is 0.335 e. The number of hydrogen-bond acceptors (Lipinski definition) is 3. The molecule has 4 rings (SSSR count). The third-order valence-corrected chi connectivity index (χ3v) is 6.69. The zero-order valence-corrected chi connectivity index (χ0v) is 16.2. The summed E-state index contributed by atoms with van der Waals surface area (Å²) in [6.45, 7) is 1.05. The van der Waals surface area contributed by atoms with Crippen molar-refractivity contribution in [2.75, 3.05) is 5.32 Å². The van der Waals surface area contributed by atoms with Gasteiger partial charge in [-0.2, -0.15) is 0 Å². The van der Waals surface area contributed by atoms with Gasteiger partial charge in [-0.1, -0.05) is 36.2 Å². The van der Waals surface area contributed by atoms with Crippen LogP contribution in [-0.2, 0) is 6.54 Å². The molecule has 2 bridgehead atoms. The van der Waals surface area contributed by atoms with Crippen LogP contribution in [0.2, 0.25) is 5.02 Å². The van der Waals surface area contributed by atoms with Crippen LogP contribution in [0.3, 0.4) is 0 Å². The molecule has 0 aliphatic carbocycles. The Balaban J connectivity index is 1.36. The predicted octanol–water partition coefficient (Wildman–Crippen LogP) is 5.11. The molecule has 0 radical (unpaired) electrons. The molecule has 1 unspecified atom stereocenters. The second-order valence-electron chi connectivity index (χ2n) is 7.24. The monoisotopic (exact) mass is 389 g/mol. The van der Waals surface area contributed by atoms with Gasteiger partial charge in [-0.3, -0.25) is 4.90 Å². The minimum Gasteiger partial charge on any atom is -0.335 e. The third kappa shape index (κ3) is 4.05. The number of carbonyl (C=O) groups is 1. The molecule has 4 nitrogen and oxygen atoms in total. The summed E-state index contributed by atoms with van der Waals surface area (Å²) in [6, 6.07) is 12.9. The highest BCUT2D eigenvalue weighted by atomic mass is 35.5. The molecule has 138 valence electrons. The van der Waals surface area contributed by atoms with Crippen molar-refractivity contribution in [2.45, 2.75) is 56.8 Å². The highest BCUT2D eigenvalue weighted by Gasteiger charge is 2.38. The average molecular weight is 390 g/mol. The Bertz CT molecular complexity index is 737. The fourth-order valence-electron chi connectivity index (χ4n) is 4.34. The Hall–Kier alpha value is -1.56. The van der Waals surface area contributed by atoms with Gasteiger partial charge in [0.1, 0.15) is 0 Å². The van der Waals surface area contributed by atoms with Crippen molar-refractivity contribution in [1.82, 2.24) is 10.2 Å². The van der Waals surface area contributed by atoms with Gasteiger partial charge in [-0.05, 0) is 49.3 Å². The number of hydrogen-bond donors (Lipinski definition) is 2. The zero-order chi connectivity index (χ0) is 17.9. The van der Waals surface area contributed by atoms with Crippen LogP contribution in [-0.4, -0.2) is 29.1 Å². The normalized spacial score (nSPS) is 25.7. The fraction of sp³-hybridized carbons (Fsp3) is 0.450. The van der Waals surface area contributed by atoms with E-state index in [2.05, 4.69) is 33.0 Å². The molecule has 6 heteroatoms. The molecule has 1 aromatic heterocycles. The number of anilines is 1. The first-order valence-corrected chi connectivity index (χ1v) is 10.5. The molecule has 2 aliphatic rings. The van der Waals surface area contributed by atoms with E-state index >= 15 is 0 Å². The summed E-state index contributed by atoms with van der Waals surface area (Å²) in [5, 5.41) is 8.76. The Kier molecular flexibility index (Phi) is 5.48. The first-order valence-electron chi connectivity index (χ1n) is 9.29. The lowest BCUT2D eigenvalue weighted by Crippen LogP contribution is -2.56. The first kappa shape index (κ1) is 17.8. The van der Waals surface area contributed by atoms with Crippen LogP contribution in [0, 0.1) is 0 Å². The minimum atomic E-state index is -0.159. The summed E-state index contributed by atoms with van der Waals surface area (Å²) in [5.74, 6) is 0. The summed E-state index contributed by atoms with van der Waals surface area (Å²) < 4.78 is 0. The van der Waals surface area contributed by atoms with E-state index in [4.69, 9.17) is 11.6 Å². The maximum Gasteiger partial charge on any atom is 0.319 e. The van der Waals surface area contributed by atoms with E-state index in [0.717, 1.165) is 19.4 Å². The summed E-state index contributed by atoms with van der Waals surface area (Å²) in [7, 11) is 0. The van der Waals surface area contributed by atoms with E-state index in [9.17, 15) is 4.79 Å². The van der Waals surface area contributed by atoms with Crippen LogP contribution in [0.1, 0.15) is 37.0 Å². The molecule has 3 heterocycles. The Morgan fingerprint density at radius 3 is 2.62 bits per heavy atom. The minimum absolute atomic E-state index is 0.159. The number of fused-ring (bicyclic) bond motifs is 2. The summed E-state index contributed by atoms with van der Waals surface area (Å²) in [5.41, 5.74) is 0.655.